The Morgan fingerprint density at radius 2 is 2.10 bits per heavy atom. The number of nitrogens with two attached hydrogens (primary N) is 1. The normalized spacial score (nSPS) is 22.9. The van der Waals surface area contributed by atoms with E-state index in [0.29, 0.717) is 24.9 Å². The first-order valence-corrected chi connectivity index (χ1v) is 7.57. The molecule has 1 aliphatic heterocycles. The third-order valence-corrected chi connectivity index (χ3v) is 4.48. The smallest absolute Gasteiger partial charge is 0.227 e. The van der Waals surface area contributed by atoms with Crippen molar-refractivity contribution < 1.29 is 4.79 Å². The highest BCUT2D eigenvalue weighted by Gasteiger charge is 2.28. The highest BCUT2D eigenvalue weighted by molar-refractivity contribution is 5.79. The molecule has 1 fully saturated rings. The summed E-state index contributed by atoms with van der Waals surface area (Å²) in [6.45, 7) is 7.79. The average molecular weight is 274 g/mol. The summed E-state index contributed by atoms with van der Waals surface area (Å²) in [4.78, 5) is 14.6. The molecule has 3 nitrogen and oxygen atoms in total. The van der Waals surface area contributed by atoms with Gasteiger partial charge in [0.05, 0.1) is 6.42 Å². The van der Waals surface area contributed by atoms with E-state index in [2.05, 4.69) is 39.0 Å². The second-order valence-corrected chi connectivity index (χ2v) is 6.18. The fourth-order valence-electron chi connectivity index (χ4n) is 2.98. The molecule has 20 heavy (non-hydrogen) atoms. The summed E-state index contributed by atoms with van der Waals surface area (Å²) in [5.41, 5.74) is 9.33. The maximum Gasteiger partial charge on any atom is 0.227 e. The second-order valence-electron chi connectivity index (χ2n) is 6.18. The minimum Gasteiger partial charge on any atom is -0.339 e. The molecule has 2 unspecified atom stereocenters. The van der Waals surface area contributed by atoms with E-state index in [1.165, 1.54) is 11.1 Å². The number of nitrogens with zero attached hydrogens (tertiary/aromatic N) is 1. The van der Waals surface area contributed by atoms with Crippen LogP contribution in [0.4, 0.5) is 0 Å². The molecule has 2 rings (SSSR count). The third kappa shape index (κ3) is 3.40. The van der Waals surface area contributed by atoms with Crippen LogP contribution in [0, 0.1) is 19.8 Å². The second kappa shape index (κ2) is 6.40. The number of benzene rings is 1. The van der Waals surface area contributed by atoms with Crippen LogP contribution in [0.5, 0.6) is 0 Å². The Hall–Kier alpha value is -1.35. The first-order chi connectivity index (χ1) is 9.51. The Bertz CT molecular complexity index is 484. The van der Waals surface area contributed by atoms with Crippen molar-refractivity contribution in [2.24, 2.45) is 11.7 Å². The van der Waals surface area contributed by atoms with Gasteiger partial charge in [0, 0.05) is 12.6 Å². The Morgan fingerprint density at radius 1 is 1.35 bits per heavy atom. The number of piperidine rings is 1. The van der Waals surface area contributed by atoms with Crippen LogP contribution in [0.15, 0.2) is 18.2 Å². The zero-order valence-corrected chi connectivity index (χ0v) is 12.9. The van der Waals surface area contributed by atoms with E-state index in [4.69, 9.17) is 5.73 Å². The summed E-state index contributed by atoms with van der Waals surface area (Å²) >= 11 is 0. The topological polar surface area (TPSA) is 46.3 Å². The van der Waals surface area contributed by atoms with Gasteiger partial charge in [-0.1, -0.05) is 23.8 Å². The monoisotopic (exact) mass is 274 g/mol. The third-order valence-electron chi connectivity index (χ3n) is 4.48. The van der Waals surface area contributed by atoms with Gasteiger partial charge in [-0.15, -0.1) is 0 Å². The van der Waals surface area contributed by atoms with Crippen LogP contribution >= 0.6 is 0 Å². The predicted octanol–water partition coefficient (Wildman–Crippen LogP) is 2.43. The molecule has 2 atom stereocenters. The summed E-state index contributed by atoms with van der Waals surface area (Å²) in [6, 6.07) is 6.66. The van der Waals surface area contributed by atoms with E-state index < -0.39 is 0 Å². The van der Waals surface area contributed by atoms with Gasteiger partial charge in [0.15, 0.2) is 0 Å². The van der Waals surface area contributed by atoms with Crippen molar-refractivity contribution in [2.75, 3.05) is 13.1 Å². The van der Waals surface area contributed by atoms with E-state index in [9.17, 15) is 4.79 Å². The van der Waals surface area contributed by atoms with Gasteiger partial charge in [-0.05, 0) is 57.2 Å². The predicted molar refractivity (Wildman–Crippen MR) is 82.6 cm³/mol. The summed E-state index contributed by atoms with van der Waals surface area (Å²) in [6.07, 6.45) is 2.72. The Morgan fingerprint density at radius 3 is 2.80 bits per heavy atom. The minimum absolute atomic E-state index is 0.240. The summed E-state index contributed by atoms with van der Waals surface area (Å²) < 4.78 is 0. The van der Waals surface area contributed by atoms with E-state index in [0.717, 1.165) is 24.9 Å². The quantitative estimate of drug-likeness (QED) is 0.920. The van der Waals surface area contributed by atoms with Crippen LogP contribution < -0.4 is 5.73 Å². The lowest BCUT2D eigenvalue weighted by Gasteiger charge is -2.38. The maximum atomic E-state index is 12.6. The van der Waals surface area contributed by atoms with E-state index in [1.54, 1.807) is 0 Å². The molecule has 1 aliphatic rings. The fourth-order valence-corrected chi connectivity index (χ4v) is 2.98. The number of hydrogen-bond donors (Lipinski definition) is 1. The largest absolute Gasteiger partial charge is 0.339 e. The zero-order valence-electron chi connectivity index (χ0n) is 12.9. The molecule has 0 saturated carbocycles. The number of aryl methyl sites for hydroxylation is 2. The number of amides is 1. The van der Waals surface area contributed by atoms with Gasteiger partial charge in [0.2, 0.25) is 5.91 Å². The molecule has 0 aliphatic carbocycles. The van der Waals surface area contributed by atoms with Crippen molar-refractivity contribution in [3.8, 4) is 0 Å². The van der Waals surface area contributed by atoms with Gasteiger partial charge >= 0.3 is 0 Å². The zero-order chi connectivity index (χ0) is 14.7. The molecule has 1 heterocycles. The van der Waals surface area contributed by atoms with Gasteiger partial charge in [-0.3, -0.25) is 4.79 Å². The van der Waals surface area contributed by atoms with Gasteiger partial charge in [-0.25, -0.2) is 0 Å². The molecule has 1 aromatic rings. The lowest BCUT2D eigenvalue weighted by atomic mass is 9.92. The van der Waals surface area contributed by atoms with Gasteiger partial charge < -0.3 is 10.6 Å². The molecule has 0 aromatic heterocycles. The number of hydrogen-bond acceptors (Lipinski definition) is 2. The Labute approximate surface area is 122 Å². The van der Waals surface area contributed by atoms with Gasteiger partial charge in [-0.2, -0.15) is 0 Å². The molecule has 1 saturated heterocycles. The first-order valence-electron chi connectivity index (χ1n) is 7.57. The molecular weight excluding hydrogens is 248 g/mol. The first kappa shape index (κ1) is 15.0. The fraction of sp³-hybridized carbons (Fsp3) is 0.588. The van der Waals surface area contributed by atoms with Gasteiger partial charge in [0.1, 0.15) is 0 Å². The molecule has 1 aromatic carbocycles. The van der Waals surface area contributed by atoms with Crippen molar-refractivity contribution in [3.63, 3.8) is 0 Å². The lowest BCUT2D eigenvalue weighted by Crippen LogP contribution is -2.47. The SMILES string of the molecule is Cc1ccc(C)c(CC(=O)N2CC(CN)CCC2C)c1. The van der Waals surface area contributed by atoms with E-state index in [1.807, 2.05) is 4.90 Å². The number of rotatable bonds is 3. The molecule has 0 spiro atoms. The molecule has 2 N–H and O–H groups in total. The van der Waals surface area contributed by atoms with Crippen molar-refractivity contribution in [3.05, 3.63) is 34.9 Å². The van der Waals surface area contributed by atoms with Crippen molar-refractivity contribution in [1.82, 2.24) is 4.90 Å². The highest BCUT2D eigenvalue weighted by Crippen LogP contribution is 2.22. The van der Waals surface area contributed by atoms with Crippen LogP contribution in [-0.4, -0.2) is 29.9 Å². The summed E-state index contributed by atoms with van der Waals surface area (Å²) in [5, 5.41) is 0. The van der Waals surface area contributed by atoms with E-state index in [-0.39, 0.29) is 5.91 Å². The molecule has 3 heteroatoms. The summed E-state index contributed by atoms with van der Waals surface area (Å²) in [7, 11) is 0. The molecule has 1 amide bonds. The van der Waals surface area contributed by atoms with Crippen LogP contribution in [-0.2, 0) is 11.2 Å². The average Bonchev–Trinajstić information content (AvgIpc) is 2.43. The lowest BCUT2D eigenvalue weighted by molar-refractivity contribution is -0.134. The van der Waals surface area contributed by atoms with Gasteiger partial charge in [0.25, 0.3) is 0 Å². The highest BCUT2D eigenvalue weighted by atomic mass is 16.2. The molecular formula is C17H26N2O. The number of carbonyl (C=O) groups excluding carboxylic acids is 1. The van der Waals surface area contributed by atoms with Crippen molar-refractivity contribution in [2.45, 2.75) is 46.1 Å². The molecule has 110 valence electrons. The van der Waals surface area contributed by atoms with Crippen LogP contribution in [0.25, 0.3) is 0 Å². The van der Waals surface area contributed by atoms with Crippen molar-refractivity contribution >= 4 is 5.91 Å². The van der Waals surface area contributed by atoms with Crippen molar-refractivity contribution in [1.29, 1.82) is 0 Å². The molecule has 0 radical (unpaired) electrons. The molecule has 0 bridgehead atoms. The summed E-state index contributed by atoms with van der Waals surface area (Å²) in [5.74, 6) is 0.707. The minimum atomic E-state index is 0.240. The van der Waals surface area contributed by atoms with Crippen LogP contribution in [0.2, 0.25) is 0 Å². The standard InChI is InChI=1S/C17H26N2O/c1-12-4-5-13(2)16(8-12)9-17(20)19-11-15(10-18)7-6-14(19)3/h4-5,8,14-15H,6-7,9-11,18H2,1-3H3. The Balaban J connectivity index is 2.08. The van der Waals surface area contributed by atoms with E-state index >= 15 is 0 Å². The number of likely N-dealkylation sites (tertiary alicyclic amines) is 1. The Kier molecular flexibility index (Phi) is 4.81. The maximum absolute atomic E-state index is 12.6. The van der Waals surface area contributed by atoms with Crippen LogP contribution in [0.3, 0.4) is 0 Å². The van der Waals surface area contributed by atoms with Crippen LogP contribution in [0.1, 0.15) is 36.5 Å². The number of carbonyl (C=O) groups is 1.